The molecule has 0 saturated carbocycles. The summed E-state index contributed by atoms with van der Waals surface area (Å²) in [6.07, 6.45) is 3.09. The van der Waals surface area contributed by atoms with E-state index < -0.39 is 11.8 Å². The summed E-state index contributed by atoms with van der Waals surface area (Å²) in [6, 6.07) is 0. The number of allylic oxidation sites excluding steroid dienone is 2. The van der Waals surface area contributed by atoms with Gasteiger partial charge in [-0.05, 0) is 6.08 Å². The Hall–Kier alpha value is -1.95. The Morgan fingerprint density at radius 2 is 2.19 bits per heavy atom. The molecule has 0 aromatic heterocycles. The molecule has 0 aromatic rings. The number of carbonyl (C=O) groups excluding carboxylic acids is 2. The van der Waals surface area contributed by atoms with Crippen molar-refractivity contribution in [3.63, 3.8) is 0 Å². The van der Waals surface area contributed by atoms with Crippen LogP contribution in [0.2, 0.25) is 0 Å². The quantitative estimate of drug-likeness (QED) is 0.646. The zero-order chi connectivity index (χ0) is 12.1. The van der Waals surface area contributed by atoms with Crippen LogP contribution in [0.5, 0.6) is 0 Å². The average Bonchev–Trinajstić information content (AvgIpc) is 2.25. The fourth-order valence-corrected chi connectivity index (χ4v) is 1.33. The maximum Gasteiger partial charge on any atom is 0.334 e. The summed E-state index contributed by atoms with van der Waals surface area (Å²) in [7, 11) is 0. The molecule has 0 unspecified atom stereocenters. The Morgan fingerprint density at radius 3 is 2.75 bits per heavy atom. The molecule has 86 valence electrons. The number of hydroxylamine groups is 2. The molecule has 0 saturated heterocycles. The lowest BCUT2D eigenvalue weighted by molar-refractivity contribution is -0.134. The number of Topliss-reactive ketones (excluding diaryl/α,β-unsaturated/α-hetero) is 1. The molecule has 0 spiro atoms. The molecule has 1 heterocycles. The minimum Gasteiger partial charge on any atom is -0.478 e. The molecule has 0 radical (unpaired) electrons. The molecule has 1 aliphatic heterocycles. The van der Waals surface area contributed by atoms with Crippen LogP contribution in [0, 0.1) is 0 Å². The molecular weight excluding hydrogens is 214 g/mol. The third-order valence-corrected chi connectivity index (χ3v) is 2.11. The first kappa shape index (κ1) is 12.1. The molecule has 6 heteroatoms. The van der Waals surface area contributed by atoms with Gasteiger partial charge >= 0.3 is 5.97 Å². The number of aldehydes is 1. The topological polar surface area (TPSA) is 94.9 Å². The van der Waals surface area contributed by atoms with Crippen LogP contribution in [0.4, 0.5) is 0 Å². The Morgan fingerprint density at radius 1 is 1.50 bits per heavy atom. The molecule has 1 aliphatic rings. The number of rotatable bonds is 5. The number of hydrogen-bond acceptors (Lipinski definition) is 5. The molecule has 16 heavy (non-hydrogen) atoms. The second-order valence-electron chi connectivity index (χ2n) is 3.24. The van der Waals surface area contributed by atoms with Crippen molar-refractivity contribution in [2.24, 2.45) is 0 Å². The lowest BCUT2D eigenvalue weighted by Crippen LogP contribution is -2.26. The number of carbonyl (C=O) groups is 3. The van der Waals surface area contributed by atoms with E-state index in [4.69, 9.17) is 10.3 Å². The second-order valence-corrected chi connectivity index (χ2v) is 3.24. The zero-order valence-electron chi connectivity index (χ0n) is 8.42. The summed E-state index contributed by atoms with van der Waals surface area (Å²) in [4.78, 5) is 32.5. The Kier molecular flexibility index (Phi) is 3.96. The van der Waals surface area contributed by atoms with Crippen molar-refractivity contribution in [2.45, 2.75) is 12.8 Å². The van der Waals surface area contributed by atoms with Crippen molar-refractivity contribution in [1.82, 2.24) is 5.06 Å². The van der Waals surface area contributed by atoms with Gasteiger partial charge in [-0.1, -0.05) is 0 Å². The first-order valence-electron chi connectivity index (χ1n) is 4.63. The fraction of sp³-hybridized carbons (Fsp3) is 0.300. The van der Waals surface area contributed by atoms with Gasteiger partial charge in [0.2, 0.25) is 0 Å². The molecule has 0 bridgehead atoms. The van der Waals surface area contributed by atoms with Crippen LogP contribution in [0.3, 0.4) is 0 Å². The van der Waals surface area contributed by atoms with Gasteiger partial charge in [0.1, 0.15) is 6.29 Å². The van der Waals surface area contributed by atoms with Gasteiger partial charge in [0, 0.05) is 24.6 Å². The van der Waals surface area contributed by atoms with Gasteiger partial charge in [-0.25, -0.2) is 4.79 Å². The van der Waals surface area contributed by atoms with Crippen LogP contribution in [-0.2, 0) is 14.4 Å². The molecule has 6 nitrogen and oxygen atoms in total. The van der Waals surface area contributed by atoms with Gasteiger partial charge in [0.05, 0.1) is 12.1 Å². The van der Waals surface area contributed by atoms with Crippen LogP contribution >= 0.6 is 0 Å². The van der Waals surface area contributed by atoms with Crippen molar-refractivity contribution in [1.29, 1.82) is 0 Å². The monoisotopic (exact) mass is 225 g/mol. The zero-order valence-corrected chi connectivity index (χ0v) is 8.42. The molecular formula is C10H11NO5. The van der Waals surface area contributed by atoms with Crippen LogP contribution < -0.4 is 0 Å². The molecule has 0 aromatic carbocycles. The van der Waals surface area contributed by atoms with Gasteiger partial charge in [-0.2, -0.15) is 0 Å². The number of aliphatic carboxylic acids is 1. The summed E-state index contributed by atoms with van der Waals surface area (Å²) in [6.45, 7) is -0.242. The number of ketones is 1. The third-order valence-electron chi connectivity index (χ3n) is 2.11. The van der Waals surface area contributed by atoms with E-state index in [1.807, 2.05) is 0 Å². The Labute approximate surface area is 91.4 Å². The highest BCUT2D eigenvalue weighted by Crippen LogP contribution is 2.17. The normalized spacial score (nSPS) is 15.2. The van der Waals surface area contributed by atoms with Gasteiger partial charge in [-0.3, -0.25) is 15.1 Å². The van der Waals surface area contributed by atoms with E-state index in [0.717, 1.165) is 0 Å². The summed E-state index contributed by atoms with van der Waals surface area (Å²) >= 11 is 0. The molecule has 0 atom stereocenters. The fourth-order valence-electron chi connectivity index (χ4n) is 1.33. The van der Waals surface area contributed by atoms with Crippen molar-refractivity contribution in [2.75, 3.05) is 6.54 Å². The van der Waals surface area contributed by atoms with Crippen LogP contribution in [0.25, 0.3) is 0 Å². The average molecular weight is 225 g/mol. The first-order valence-corrected chi connectivity index (χ1v) is 4.63. The van der Waals surface area contributed by atoms with E-state index >= 15 is 0 Å². The molecule has 1 rings (SSSR count). The molecule has 0 amide bonds. The van der Waals surface area contributed by atoms with Crippen molar-refractivity contribution in [3.8, 4) is 0 Å². The number of carboxylic acids is 1. The highest BCUT2D eigenvalue weighted by molar-refractivity contribution is 6.06. The highest BCUT2D eigenvalue weighted by atomic mass is 16.5. The summed E-state index contributed by atoms with van der Waals surface area (Å²) in [5.74, 6) is -1.66. The van der Waals surface area contributed by atoms with Gasteiger partial charge < -0.3 is 9.90 Å². The summed E-state index contributed by atoms with van der Waals surface area (Å²) in [5, 5.41) is 18.6. The Bertz CT molecular complexity index is 383. The largest absolute Gasteiger partial charge is 0.478 e. The Balaban J connectivity index is 2.93. The van der Waals surface area contributed by atoms with Crippen LogP contribution in [0.1, 0.15) is 12.8 Å². The first-order chi connectivity index (χ1) is 7.56. The van der Waals surface area contributed by atoms with E-state index in [1.165, 1.54) is 12.3 Å². The van der Waals surface area contributed by atoms with Crippen LogP contribution in [-0.4, -0.2) is 40.0 Å². The van der Waals surface area contributed by atoms with E-state index in [-0.39, 0.29) is 30.5 Å². The predicted molar refractivity (Wildman–Crippen MR) is 52.6 cm³/mol. The molecule has 2 N–H and O–H groups in total. The second kappa shape index (κ2) is 5.22. The van der Waals surface area contributed by atoms with Gasteiger partial charge in [0.25, 0.3) is 0 Å². The molecule has 0 aliphatic carbocycles. The van der Waals surface area contributed by atoms with Crippen molar-refractivity contribution < 1.29 is 24.7 Å². The maximum absolute atomic E-state index is 11.5. The third kappa shape index (κ3) is 2.77. The predicted octanol–water partition coefficient (Wildman–Crippen LogP) is 0.134. The minimum atomic E-state index is -1.25. The standard InChI is InChI=1S/C10H11NO5/c12-5-1-2-9(13)7-3-4-11(16)6-8(7)10(14)15/h3-5,16H,1-2,6H2,(H,14,15). The number of carboxylic acid groups (broad SMARTS) is 1. The lowest BCUT2D eigenvalue weighted by atomic mass is 9.99. The summed E-state index contributed by atoms with van der Waals surface area (Å²) < 4.78 is 0. The van der Waals surface area contributed by atoms with Gasteiger partial charge in [-0.15, -0.1) is 0 Å². The lowest BCUT2D eigenvalue weighted by Gasteiger charge is -2.19. The minimum absolute atomic E-state index is 0.0224. The smallest absolute Gasteiger partial charge is 0.334 e. The summed E-state index contributed by atoms with van der Waals surface area (Å²) in [5.41, 5.74) is -0.124. The number of nitrogens with zero attached hydrogens (tertiary/aromatic N) is 1. The molecule has 0 fully saturated rings. The van der Waals surface area contributed by atoms with Crippen molar-refractivity contribution >= 4 is 18.0 Å². The van der Waals surface area contributed by atoms with E-state index in [9.17, 15) is 14.4 Å². The number of hydrogen-bond donors (Lipinski definition) is 2. The van der Waals surface area contributed by atoms with E-state index in [0.29, 0.717) is 11.3 Å². The highest BCUT2D eigenvalue weighted by Gasteiger charge is 2.22. The van der Waals surface area contributed by atoms with E-state index in [2.05, 4.69) is 0 Å². The maximum atomic E-state index is 11.5. The van der Waals surface area contributed by atoms with Crippen molar-refractivity contribution in [3.05, 3.63) is 23.4 Å². The van der Waals surface area contributed by atoms with Crippen LogP contribution in [0.15, 0.2) is 23.4 Å². The SMILES string of the molecule is O=CCCC(=O)C1=C(C(=O)O)CN(O)C=C1. The van der Waals surface area contributed by atoms with E-state index in [1.54, 1.807) is 0 Å². The van der Waals surface area contributed by atoms with Gasteiger partial charge in [0.15, 0.2) is 5.78 Å².